The Morgan fingerprint density at radius 2 is 1.97 bits per heavy atom. The number of fused-ring (bicyclic) bond motifs is 1. The highest BCUT2D eigenvalue weighted by molar-refractivity contribution is 7.14. The van der Waals surface area contributed by atoms with Crippen LogP contribution < -0.4 is 16.0 Å². The van der Waals surface area contributed by atoms with E-state index in [0.29, 0.717) is 0 Å². The Balaban J connectivity index is 1.38. The highest BCUT2D eigenvalue weighted by Gasteiger charge is 2.45. The minimum absolute atomic E-state index is 0.0454. The maximum Gasteiger partial charge on any atom is 0.586 e. The number of aromatic nitrogens is 1. The van der Waals surface area contributed by atoms with Crippen molar-refractivity contribution in [1.29, 1.82) is 0 Å². The van der Waals surface area contributed by atoms with Gasteiger partial charge in [0.1, 0.15) is 5.69 Å². The Labute approximate surface area is 171 Å². The van der Waals surface area contributed by atoms with Crippen molar-refractivity contribution < 1.29 is 32.3 Å². The molecule has 0 atom stereocenters. The minimum Gasteiger partial charge on any atom is -0.459 e. The lowest BCUT2D eigenvalue weighted by Crippen LogP contribution is -2.41. The van der Waals surface area contributed by atoms with Crippen LogP contribution in [0.25, 0.3) is 0 Å². The lowest BCUT2D eigenvalue weighted by atomic mass is 10.3. The van der Waals surface area contributed by atoms with E-state index in [-0.39, 0.29) is 47.2 Å². The van der Waals surface area contributed by atoms with Crippen molar-refractivity contribution >= 4 is 34.2 Å². The summed E-state index contributed by atoms with van der Waals surface area (Å²) in [4.78, 5) is 32.5. The van der Waals surface area contributed by atoms with Gasteiger partial charge in [0.05, 0.1) is 12.8 Å². The molecule has 13 heteroatoms. The van der Waals surface area contributed by atoms with Crippen LogP contribution in [0.3, 0.4) is 0 Å². The van der Waals surface area contributed by atoms with Crippen LogP contribution in [0.1, 0.15) is 21.0 Å². The molecule has 3 N–H and O–H groups in total. The van der Waals surface area contributed by atoms with Gasteiger partial charge in [0.25, 0.3) is 11.8 Å². The van der Waals surface area contributed by atoms with Crippen LogP contribution in [0.4, 0.5) is 13.9 Å². The number of hydrogen-bond acceptors (Lipinski definition) is 9. The average Bonchev–Trinajstić information content (AvgIpc) is 3.41. The predicted octanol–water partition coefficient (Wildman–Crippen LogP) is 2.04. The van der Waals surface area contributed by atoms with E-state index >= 15 is 0 Å². The number of carbonyl (C=O) groups excluding carboxylic acids is 2. The first kappa shape index (κ1) is 19.6. The van der Waals surface area contributed by atoms with Gasteiger partial charge in [0.15, 0.2) is 28.4 Å². The number of guanidine groups is 1. The first-order chi connectivity index (χ1) is 14.4. The fraction of sp³-hybridized carbons (Fsp3) is 0.176. The summed E-state index contributed by atoms with van der Waals surface area (Å²) in [6.45, 7) is 0.00297. The molecule has 4 rings (SSSR count). The molecular weight excluding hydrogens is 424 g/mol. The number of nitrogens with zero attached hydrogens (tertiary/aromatic N) is 2. The molecular formula is C17H13F2N5O5S. The van der Waals surface area contributed by atoms with Gasteiger partial charge in [0, 0.05) is 11.9 Å². The number of furan rings is 1. The van der Waals surface area contributed by atoms with E-state index in [1.54, 1.807) is 6.07 Å². The number of ether oxygens (including phenoxy) is 2. The number of amides is 2. The third kappa shape index (κ3) is 4.46. The molecule has 2 amide bonds. The van der Waals surface area contributed by atoms with Crippen LogP contribution in [0.5, 0.6) is 0 Å². The topological polar surface area (TPSA) is 127 Å². The first-order valence-corrected chi connectivity index (χ1v) is 9.34. The van der Waals surface area contributed by atoms with Crippen molar-refractivity contribution in [1.82, 2.24) is 15.6 Å². The standard InChI is InChI=1S/C17H13F2N5O5S/c18-17(19)28-10-3-5-20-15(21-6-4-11(10)29-17)23-13(25)9-8-30-16(22-9)24-14(26)12-2-1-7-27-12/h1-4,7-8H,5-6H2,(H,22,24,26)(H2,20,21,23,25)/b10-3+,11-4+. The van der Waals surface area contributed by atoms with Crippen LogP contribution in [0.2, 0.25) is 0 Å². The molecule has 2 aliphatic heterocycles. The van der Waals surface area contributed by atoms with Crippen molar-refractivity contribution in [2.45, 2.75) is 6.29 Å². The Bertz CT molecular complexity index is 1060. The lowest BCUT2D eigenvalue weighted by molar-refractivity contribution is -0.326. The van der Waals surface area contributed by atoms with Gasteiger partial charge < -0.3 is 19.2 Å². The van der Waals surface area contributed by atoms with Gasteiger partial charge in [-0.2, -0.15) is 0 Å². The Hall–Kier alpha value is -3.74. The van der Waals surface area contributed by atoms with Gasteiger partial charge in [-0.3, -0.25) is 20.2 Å². The van der Waals surface area contributed by atoms with E-state index in [0.717, 1.165) is 11.3 Å². The first-order valence-electron chi connectivity index (χ1n) is 8.46. The molecule has 1 saturated heterocycles. The predicted molar refractivity (Wildman–Crippen MR) is 99.8 cm³/mol. The van der Waals surface area contributed by atoms with E-state index in [4.69, 9.17) is 4.42 Å². The van der Waals surface area contributed by atoms with Crippen molar-refractivity contribution in [2.75, 3.05) is 18.4 Å². The molecule has 2 aromatic heterocycles. The summed E-state index contributed by atoms with van der Waals surface area (Å²) in [6, 6.07) is 3.07. The number of rotatable bonds is 3. The Morgan fingerprint density at radius 3 is 2.73 bits per heavy atom. The highest BCUT2D eigenvalue weighted by Crippen LogP contribution is 2.36. The molecule has 0 aromatic carbocycles. The number of hydrogen-bond donors (Lipinski definition) is 3. The fourth-order valence-electron chi connectivity index (χ4n) is 2.44. The minimum atomic E-state index is -3.72. The fourth-order valence-corrected chi connectivity index (χ4v) is 3.12. The molecule has 0 saturated carbocycles. The van der Waals surface area contributed by atoms with Gasteiger partial charge in [-0.1, -0.05) is 0 Å². The Kier molecular flexibility index (Phi) is 5.18. The number of halogens is 2. The zero-order valence-corrected chi connectivity index (χ0v) is 15.8. The summed E-state index contributed by atoms with van der Waals surface area (Å²) in [5.41, 5.74) is 0.0546. The van der Waals surface area contributed by atoms with Gasteiger partial charge in [-0.15, -0.1) is 20.1 Å². The van der Waals surface area contributed by atoms with Crippen LogP contribution in [0, 0.1) is 0 Å². The molecule has 0 radical (unpaired) electrons. The molecule has 10 nitrogen and oxygen atoms in total. The molecule has 0 bridgehead atoms. The molecule has 156 valence electrons. The number of alkyl halides is 2. The summed E-state index contributed by atoms with van der Waals surface area (Å²) < 4.78 is 40.0. The maximum absolute atomic E-state index is 13.1. The van der Waals surface area contributed by atoms with Crippen molar-refractivity contribution in [2.24, 2.45) is 4.99 Å². The molecule has 2 aliphatic rings. The summed E-state index contributed by atoms with van der Waals surface area (Å²) in [7, 11) is 0. The van der Waals surface area contributed by atoms with Gasteiger partial charge >= 0.3 is 6.29 Å². The number of nitrogens with one attached hydrogen (secondary N) is 3. The Morgan fingerprint density at radius 1 is 1.17 bits per heavy atom. The maximum atomic E-state index is 13.1. The van der Waals surface area contributed by atoms with Crippen molar-refractivity contribution in [3.8, 4) is 0 Å². The van der Waals surface area contributed by atoms with Gasteiger partial charge in [-0.05, 0) is 24.3 Å². The molecule has 30 heavy (non-hydrogen) atoms. The summed E-state index contributed by atoms with van der Waals surface area (Å²) >= 11 is 1.06. The largest absolute Gasteiger partial charge is 0.586 e. The van der Waals surface area contributed by atoms with Crippen LogP contribution in [-0.4, -0.2) is 42.1 Å². The molecule has 0 aliphatic carbocycles. The second kappa shape index (κ2) is 7.94. The molecule has 0 unspecified atom stereocenters. The number of carbonyl (C=O) groups is 2. The quantitative estimate of drug-likeness (QED) is 0.671. The molecule has 4 heterocycles. The smallest absolute Gasteiger partial charge is 0.459 e. The van der Waals surface area contributed by atoms with E-state index in [1.807, 2.05) is 0 Å². The average molecular weight is 437 g/mol. The van der Waals surface area contributed by atoms with Crippen LogP contribution in [0.15, 0.2) is 56.9 Å². The van der Waals surface area contributed by atoms with E-state index in [2.05, 4.69) is 35.4 Å². The zero-order chi connectivity index (χ0) is 21.1. The SMILES string of the molecule is O=C(NC1=NC/C=C2/OC(F)(F)O/C2=C/CN1)c1csc(NC(=O)c2ccco2)n1. The summed E-state index contributed by atoms with van der Waals surface area (Å²) in [5.74, 6) is -1.10. The van der Waals surface area contributed by atoms with Gasteiger partial charge in [-0.25, -0.2) is 9.98 Å². The number of thiazole rings is 1. The van der Waals surface area contributed by atoms with Crippen molar-refractivity contribution in [3.05, 3.63) is 58.9 Å². The van der Waals surface area contributed by atoms with E-state index in [1.165, 1.54) is 29.9 Å². The van der Waals surface area contributed by atoms with Crippen LogP contribution in [-0.2, 0) is 9.47 Å². The second-order valence-electron chi connectivity index (χ2n) is 5.80. The van der Waals surface area contributed by atoms with Gasteiger partial charge in [0.2, 0.25) is 0 Å². The van der Waals surface area contributed by atoms with E-state index in [9.17, 15) is 18.4 Å². The molecule has 1 fully saturated rings. The zero-order valence-electron chi connectivity index (χ0n) is 15.0. The monoisotopic (exact) mass is 437 g/mol. The van der Waals surface area contributed by atoms with Crippen LogP contribution >= 0.6 is 11.3 Å². The normalized spacial score (nSPS) is 20.8. The number of aliphatic imine (C=N–C) groups is 1. The summed E-state index contributed by atoms with van der Waals surface area (Å²) in [5, 5.41) is 9.51. The second-order valence-corrected chi connectivity index (χ2v) is 6.66. The third-order valence-corrected chi connectivity index (χ3v) is 4.48. The highest BCUT2D eigenvalue weighted by atomic mass is 32.1. The molecule has 2 aromatic rings. The van der Waals surface area contributed by atoms with Crippen molar-refractivity contribution in [3.63, 3.8) is 0 Å². The third-order valence-electron chi connectivity index (χ3n) is 3.72. The lowest BCUT2D eigenvalue weighted by Gasteiger charge is -2.09. The molecule has 0 spiro atoms. The van der Waals surface area contributed by atoms with E-state index < -0.39 is 18.1 Å². The summed E-state index contributed by atoms with van der Waals surface area (Å²) in [6.07, 6.45) is 0.289. The number of anilines is 1.